The Balaban J connectivity index is 1.76. The number of amides is 1. The molecule has 1 aliphatic heterocycles. The zero-order valence-corrected chi connectivity index (χ0v) is 14.7. The van der Waals surface area contributed by atoms with Crippen molar-refractivity contribution in [3.05, 3.63) is 22.4 Å². The monoisotopic (exact) mass is 355 g/mol. The van der Waals surface area contributed by atoms with Gasteiger partial charge in [0.25, 0.3) is 5.91 Å². The normalized spacial score (nSPS) is 16.4. The zero-order valence-electron chi connectivity index (χ0n) is 13.1. The summed E-state index contributed by atoms with van der Waals surface area (Å²) >= 11 is 3.45. The third kappa shape index (κ3) is 4.85. The highest BCUT2D eigenvalue weighted by molar-refractivity contribution is 9.10. The van der Waals surface area contributed by atoms with Gasteiger partial charge >= 0.3 is 0 Å². The summed E-state index contributed by atoms with van der Waals surface area (Å²) in [5, 5.41) is 3.04. The summed E-state index contributed by atoms with van der Waals surface area (Å²) in [5.41, 5.74) is 0.731. The Bertz CT molecular complexity index is 464. The van der Waals surface area contributed by atoms with Crippen LogP contribution in [-0.2, 0) is 0 Å². The number of aromatic nitrogens is 1. The van der Waals surface area contributed by atoms with Crippen molar-refractivity contribution >= 4 is 21.8 Å². The van der Waals surface area contributed by atoms with Crippen molar-refractivity contribution in [1.82, 2.24) is 14.8 Å². The van der Waals surface area contributed by atoms with E-state index in [4.69, 9.17) is 0 Å². The van der Waals surface area contributed by atoms with Gasteiger partial charge in [-0.1, -0.05) is 6.42 Å². The van der Waals surface area contributed by atoms with E-state index in [1.165, 1.54) is 32.4 Å². The van der Waals surface area contributed by atoms with Crippen LogP contribution in [0.1, 0.15) is 56.1 Å². The maximum Gasteiger partial charge on any atom is 0.267 e. The van der Waals surface area contributed by atoms with Crippen LogP contribution in [0.2, 0.25) is 0 Å². The van der Waals surface area contributed by atoms with Gasteiger partial charge in [0.1, 0.15) is 5.69 Å². The standard InChI is InChI=1S/C16H26BrN3O/c1-13(2)20-12-14(17)11-15(20)16(21)18-7-6-10-19-8-4-3-5-9-19/h11-13H,3-10H2,1-2H3,(H,18,21). The molecule has 21 heavy (non-hydrogen) atoms. The van der Waals surface area contributed by atoms with Gasteiger partial charge in [-0.3, -0.25) is 4.79 Å². The first kappa shape index (κ1) is 16.6. The molecule has 5 heteroatoms. The number of halogens is 1. The van der Waals surface area contributed by atoms with E-state index in [2.05, 4.69) is 40.0 Å². The maximum atomic E-state index is 12.3. The molecule has 1 aromatic rings. The molecule has 0 radical (unpaired) electrons. The predicted molar refractivity (Wildman–Crippen MR) is 89.8 cm³/mol. The van der Waals surface area contributed by atoms with Gasteiger partial charge in [-0.25, -0.2) is 0 Å². The van der Waals surface area contributed by atoms with Crippen molar-refractivity contribution in [1.29, 1.82) is 0 Å². The number of rotatable bonds is 6. The maximum absolute atomic E-state index is 12.3. The lowest BCUT2D eigenvalue weighted by molar-refractivity contribution is 0.0940. The molecule has 1 aromatic heterocycles. The van der Waals surface area contributed by atoms with E-state index in [0.29, 0.717) is 0 Å². The summed E-state index contributed by atoms with van der Waals surface area (Å²) in [6.45, 7) is 8.44. The number of hydrogen-bond donors (Lipinski definition) is 1. The molecule has 118 valence electrons. The second kappa shape index (κ2) is 7.99. The molecule has 0 unspecified atom stereocenters. The fourth-order valence-corrected chi connectivity index (χ4v) is 3.27. The van der Waals surface area contributed by atoms with Crippen LogP contribution >= 0.6 is 15.9 Å². The van der Waals surface area contributed by atoms with Gasteiger partial charge in [-0.2, -0.15) is 0 Å². The average Bonchev–Trinajstić information content (AvgIpc) is 2.87. The summed E-state index contributed by atoms with van der Waals surface area (Å²) in [6.07, 6.45) is 7.00. The Morgan fingerprint density at radius 3 is 2.71 bits per heavy atom. The first-order valence-corrected chi connectivity index (χ1v) is 8.75. The Kier molecular flexibility index (Phi) is 6.30. The van der Waals surface area contributed by atoms with E-state index in [1.807, 2.05) is 16.8 Å². The quantitative estimate of drug-likeness (QED) is 0.793. The molecule has 1 aliphatic rings. The molecule has 4 nitrogen and oxygen atoms in total. The van der Waals surface area contributed by atoms with E-state index < -0.39 is 0 Å². The van der Waals surface area contributed by atoms with Crippen LogP contribution in [0.3, 0.4) is 0 Å². The summed E-state index contributed by atoms with van der Waals surface area (Å²) in [4.78, 5) is 14.8. The Labute approximate surface area is 136 Å². The molecule has 0 spiro atoms. The third-order valence-electron chi connectivity index (χ3n) is 3.99. The van der Waals surface area contributed by atoms with E-state index >= 15 is 0 Å². The molecule has 1 saturated heterocycles. The van der Waals surface area contributed by atoms with E-state index in [-0.39, 0.29) is 11.9 Å². The molecular formula is C16H26BrN3O. The Morgan fingerprint density at radius 1 is 1.33 bits per heavy atom. The van der Waals surface area contributed by atoms with E-state index in [0.717, 1.165) is 29.7 Å². The minimum atomic E-state index is 0.0213. The van der Waals surface area contributed by atoms with Crippen LogP contribution in [-0.4, -0.2) is 41.6 Å². The summed E-state index contributed by atoms with van der Waals surface area (Å²) in [5.74, 6) is 0.0213. The van der Waals surface area contributed by atoms with Crippen molar-refractivity contribution in [2.45, 2.75) is 45.6 Å². The summed E-state index contributed by atoms with van der Waals surface area (Å²) in [7, 11) is 0. The molecule has 0 saturated carbocycles. The van der Waals surface area contributed by atoms with Crippen molar-refractivity contribution in [2.75, 3.05) is 26.2 Å². The van der Waals surface area contributed by atoms with Crippen LogP contribution in [0, 0.1) is 0 Å². The topological polar surface area (TPSA) is 37.3 Å². The van der Waals surface area contributed by atoms with Gasteiger partial charge in [0.2, 0.25) is 0 Å². The first-order chi connectivity index (χ1) is 10.1. The van der Waals surface area contributed by atoms with Gasteiger partial charge in [0.15, 0.2) is 0 Å². The van der Waals surface area contributed by atoms with Crippen molar-refractivity contribution in [3.63, 3.8) is 0 Å². The van der Waals surface area contributed by atoms with Gasteiger partial charge < -0.3 is 14.8 Å². The third-order valence-corrected chi connectivity index (χ3v) is 4.42. The molecule has 1 N–H and O–H groups in total. The molecular weight excluding hydrogens is 330 g/mol. The van der Waals surface area contributed by atoms with Crippen molar-refractivity contribution < 1.29 is 4.79 Å². The average molecular weight is 356 g/mol. The van der Waals surface area contributed by atoms with Crippen LogP contribution in [0.5, 0.6) is 0 Å². The van der Waals surface area contributed by atoms with Crippen molar-refractivity contribution in [3.8, 4) is 0 Å². The molecule has 0 atom stereocenters. The number of piperidine rings is 1. The number of carbonyl (C=O) groups is 1. The number of likely N-dealkylation sites (tertiary alicyclic amines) is 1. The SMILES string of the molecule is CC(C)n1cc(Br)cc1C(=O)NCCCN1CCCCC1. The minimum Gasteiger partial charge on any atom is -0.351 e. The van der Waals surface area contributed by atoms with Crippen LogP contribution < -0.4 is 5.32 Å². The summed E-state index contributed by atoms with van der Waals surface area (Å²) in [6, 6.07) is 2.17. The summed E-state index contributed by atoms with van der Waals surface area (Å²) < 4.78 is 2.96. The lowest BCUT2D eigenvalue weighted by Crippen LogP contribution is -2.33. The molecule has 2 rings (SSSR count). The highest BCUT2D eigenvalue weighted by atomic mass is 79.9. The molecule has 0 bridgehead atoms. The molecule has 0 aromatic carbocycles. The smallest absolute Gasteiger partial charge is 0.267 e. The number of nitrogens with zero attached hydrogens (tertiary/aromatic N) is 2. The Morgan fingerprint density at radius 2 is 2.05 bits per heavy atom. The van der Waals surface area contributed by atoms with Crippen molar-refractivity contribution in [2.24, 2.45) is 0 Å². The molecule has 1 fully saturated rings. The number of hydrogen-bond acceptors (Lipinski definition) is 2. The lowest BCUT2D eigenvalue weighted by atomic mass is 10.1. The molecule has 2 heterocycles. The lowest BCUT2D eigenvalue weighted by Gasteiger charge is -2.26. The largest absolute Gasteiger partial charge is 0.351 e. The van der Waals surface area contributed by atoms with Crippen LogP contribution in [0.25, 0.3) is 0 Å². The highest BCUT2D eigenvalue weighted by Crippen LogP contribution is 2.19. The minimum absolute atomic E-state index is 0.0213. The predicted octanol–water partition coefficient (Wildman–Crippen LogP) is 3.44. The number of nitrogens with one attached hydrogen (secondary N) is 1. The first-order valence-electron chi connectivity index (χ1n) is 7.96. The van der Waals surface area contributed by atoms with E-state index in [9.17, 15) is 4.79 Å². The second-order valence-corrected chi connectivity index (χ2v) is 6.97. The van der Waals surface area contributed by atoms with Crippen LogP contribution in [0.15, 0.2) is 16.7 Å². The van der Waals surface area contributed by atoms with Gasteiger partial charge in [0, 0.05) is 23.3 Å². The second-order valence-electron chi connectivity index (χ2n) is 6.06. The molecule has 1 amide bonds. The van der Waals surface area contributed by atoms with Gasteiger partial charge in [-0.15, -0.1) is 0 Å². The fraction of sp³-hybridized carbons (Fsp3) is 0.688. The number of carbonyl (C=O) groups excluding carboxylic acids is 1. The van der Waals surface area contributed by atoms with E-state index in [1.54, 1.807) is 0 Å². The van der Waals surface area contributed by atoms with Gasteiger partial charge in [0.05, 0.1) is 0 Å². The van der Waals surface area contributed by atoms with Gasteiger partial charge in [-0.05, 0) is 74.7 Å². The Hall–Kier alpha value is -0.810. The highest BCUT2D eigenvalue weighted by Gasteiger charge is 2.15. The van der Waals surface area contributed by atoms with Crippen LogP contribution in [0.4, 0.5) is 0 Å². The fourth-order valence-electron chi connectivity index (χ4n) is 2.83. The zero-order chi connectivity index (χ0) is 15.2. The molecule has 0 aliphatic carbocycles.